The van der Waals surface area contributed by atoms with Gasteiger partial charge in [0, 0.05) is 30.3 Å². The third-order valence-corrected chi connectivity index (χ3v) is 3.57. The first kappa shape index (κ1) is 18.0. The van der Waals surface area contributed by atoms with Gasteiger partial charge in [-0.3, -0.25) is 4.79 Å². The fraction of sp³-hybridized carbons (Fsp3) is 0.562. The summed E-state index contributed by atoms with van der Waals surface area (Å²) in [6, 6.07) is 6.17. The van der Waals surface area contributed by atoms with E-state index in [4.69, 9.17) is 0 Å². The normalized spacial score (nSPS) is 10.8. The van der Waals surface area contributed by atoms with Crippen molar-refractivity contribution in [1.29, 1.82) is 0 Å². The Morgan fingerprint density at radius 3 is 2.71 bits per heavy atom. The summed E-state index contributed by atoms with van der Waals surface area (Å²) >= 11 is 3.52. The lowest BCUT2D eigenvalue weighted by Gasteiger charge is -2.22. The van der Waals surface area contributed by atoms with Crippen LogP contribution in [0.4, 0.5) is 5.69 Å². The van der Waals surface area contributed by atoms with Crippen molar-refractivity contribution < 1.29 is 4.79 Å². The molecule has 0 spiro atoms. The molecule has 21 heavy (non-hydrogen) atoms. The smallest absolute Gasteiger partial charge is 0.239 e. The largest absolute Gasteiger partial charge is 0.365 e. The van der Waals surface area contributed by atoms with Crippen LogP contribution in [-0.4, -0.2) is 32.6 Å². The number of carbonyl (C=O) groups is 1. The average molecular weight is 356 g/mol. The fourth-order valence-corrected chi connectivity index (χ4v) is 2.53. The number of amides is 1. The summed E-state index contributed by atoms with van der Waals surface area (Å²) in [5.74, 6) is 0.665. The molecule has 0 radical (unpaired) electrons. The molecule has 1 rings (SSSR count). The molecule has 0 aliphatic carbocycles. The van der Waals surface area contributed by atoms with E-state index in [1.54, 1.807) is 0 Å². The van der Waals surface area contributed by atoms with Gasteiger partial charge < -0.3 is 15.5 Å². The summed E-state index contributed by atoms with van der Waals surface area (Å²) in [5, 5.41) is 6.28. The van der Waals surface area contributed by atoms with Gasteiger partial charge in [0.25, 0.3) is 0 Å². The molecule has 0 aromatic heterocycles. The molecule has 0 heterocycles. The molecule has 0 saturated carbocycles. The molecule has 2 N–H and O–H groups in total. The number of hydrogen-bond acceptors (Lipinski definition) is 3. The highest BCUT2D eigenvalue weighted by atomic mass is 79.9. The molecule has 118 valence electrons. The van der Waals surface area contributed by atoms with Gasteiger partial charge in [-0.1, -0.05) is 29.8 Å². The maximum Gasteiger partial charge on any atom is 0.239 e. The Morgan fingerprint density at radius 2 is 2.10 bits per heavy atom. The lowest BCUT2D eigenvalue weighted by molar-refractivity contribution is -0.119. The fourth-order valence-electron chi connectivity index (χ4n) is 2.12. The van der Waals surface area contributed by atoms with E-state index in [9.17, 15) is 4.79 Å². The Labute approximate surface area is 136 Å². The maximum absolute atomic E-state index is 11.7. The highest BCUT2D eigenvalue weighted by Crippen LogP contribution is 2.23. The first-order valence-corrected chi connectivity index (χ1v) is 8.20. The van der Waals surface area contributed by atoms with Crippen LogP contribution in [0.15, 0.2) is 22.7 Å². The molecule has 0 fully saturated rings. The van der Waals surface area contributed by atoms with Gasteiger partial charge in [0.05, 0.1) is 6.54 Å². The molecule has 1 aromatic carbocycles. The zero-order chi connectivity index (χ0) is 15.8. The van der Waals surface area contributed by atoms with E-state index in [2.05, 4.69) is 52.5 Å². The van der Waals surface area contributed by atoms with Crippen LogP contribution in [0, 0.1) is 5.92 Å². The van der Waals surface area contributed by atoms with Gasteiger partial charge in [0.1, 0.15) is 0 Å². The highest BCUT2D eigenvalue weighted by molar-refractivity contribution is 9.10. The second-order valence-electron chi connectivity index (χ2n) is 5.61. The molecule has 0 unspecified atom stereocenters. The van der Waals surface area contributed by atoms with Gasteiger partial charge in [0.15, 0.2) is 0 Å². The molecule has 0 atom stereocenters. The number of anilines is 1. The molecule has 0 aliphatic rings. The van der Waals surface area contributed by atoms with E-state index in [1.807, 2.05) is 24.9 Å². The molecule has 5 heteroatoms. The van der Waals surface area contributed by atoms with E-state index in [0.717, 1.165) is 23.2 Å². The second-order valence-corrected chi connectivity index (χ2v) is 6.52. The van der Waals surface area contributed by atoms with Crippen molar-refractivity contribution in [2.75, 3.05) is 31.6 Å². The number of benzene rings is 1. The lowest BCUT2D eigenvalue weighted by atomic mass is 10.1. The number of rotatable bonds is 8. The minimum Gasteiger partial charge on any atom is -0.365 e. The van der Waals surface area contributed by atoms with Crippen LogP contribution in [0.1, 0.15) is 26.3 Å². The Bertz CT molecular complexity index is 463. The van der Waals surface area contributed by atoms with E-state index in [-0.39, 0.29) is 5.91 Å². The third kappa shape index (κ3) is 6.48. The molecular formula is C16H26BrN3O. The molecule has 0 bridgehead atoms. The van der Waals surface area contributed by atoms with Gasteiger partial charge in [-0.05, 0) is 43.1 Å². The first-order chi connectivity index (χ1) is 9.93. The van der Waals surface area contributed by atoms with Gasteiger partial charge in [-0.25, -0.2) is 0 Å². The van der Waals surface area contributed by atoms with Gasteiger partial charge in [-0.15, -0.1) is 0 Å². The van der Waals surface area contributed by atoms with Crippen LogP contribution in [0.25, 0.3) is 0 Å². The zero-order valence-corrected chi connectivity index (χ0v) is 15.0. The Kier molecular flexibility index (Phi) is 7.75. The second kappa shape index (κ2) is 9.05. The summed E-state index contributed by atoms with van der Waals surface area (Å²) < 4.78 is 1.05. The summed E-state index contributed by atoms with van der Waals surface area (Å²) in [4.78, 5) is 13.7. The minimum absolute atomic E-state index is 0.0454. The van der Waals surface area contributed by atoms with Crippen molar-refractivity contribution in [3.63, 3.8) is 0 Å². The molecule has 4 nitrogen and oxygen atoms in total. The third-order valence-electron chi connectivity index (χ3n) is 3.08. The summed E-state index contributed by atoms with van der Waals surface area (Å²) in [5.41, 5.74) is 2.28. The van der Waals surface area contributed by atoms with Crippen molar-refractivity contribution in [2.45, 2.75) is 27.3 Å². The average Bonchev–Trinajstić information content (AvgIpc) is 2.38. The van der Waals surface area contributed by atoms with Crippen molar-refractivity contribution in [3.8, 4) is 0 Å². The number of hydrogen-bond donors (Lipinski definition) is 2. The van der Waals surface area contributed by atoms with E-state index >= 15 is 0 Å². The van der Waals surface area contributed by atoms with Crippen LogP contribution in [0.5, 0.6) is 0 Å². The predicted molar refractivity (Wildman–Crippen MR) is 92.6 cm³/mol. The van der Waals surface area contributed by atoms with Gasteiger partial charge >= 0.3 is 0 Å². The zero-order valence-electron chi connectivity index (χ0n) is 13.4. The summed E-state index contributed by atoms with van der Waals surface area (Å²) in [7, 11) is 1.95. The molecular weight excluding hydrogens is 330 g/mol. The standard InChI is InChI=1S/C16H26BrN3O/c1-5-19-16(21)11-20(4)15-7-6-14(17)8-13(15)10-18-9-12(2)3/h6-8,12,18H,5,9-11H2,1-4H3,(H,19,21). The SMILES string of the molecule is CCNC(=O)CN(C)c1ccc(Br)cc1CNCC(C)C. The first-order valence-electron chi connectivity index (χ1n) is 7.41. The van der Waals surface area contributed by atoms with Crippen LogP contribution in [0.3, 0.4) is 0 Å². The molecule has 0 aliphatic heterocycles. The maximum atomic E-state index is 11.7. The van der Waals surface area contributed by atoms with Crippen LogP contribution < -0.4 is 15.5 Å². The van der Waals surface area contributed by atoms with Crippen molar-refractivity contribution in [1.82, 2.24) is 10.6 Å². The van der Waals surface area contributed by atoms with Crippen molar-refractivity contribution in [2.24, 2.45) is 5.92 Å². The van der Waals surface area contributed by atoms with Gasteiger partial charge in [0.2, 0.25) is 5.91 Å². The quantitative estimate of drug-likeness (QED) is 0.753. The van der Waals surface area contributed by atoms with Crippen molar-refractivity contribution in [3.05, 3.63) is 28.2 Å². The molecule has 1 aromatic rings. The Balaban J connectivity index is 2.77. The number of nitrogens with one attached hydrogen (secondary N) is 2. The molecule has 1 amide bonds. The highest BCUT2D eigenvalue weighted by Gasteiger charge is 2.11. The summed E-state index contributed by atoms with van der Waals surface area (Å²) in [6.45, 7) is 9.12. The predicted octanol–water partition coefficient (Wildman–Crippen LogP) is 2.77. The molecule has 0 saturated heterocycles. The van der Waals surface area contributed by atoms with Crippen molar-refractivity contribution >= 4 is 27.5 Å². The summed E-state index contributed by atoms with van der Waals surface area (Å²) in [6.07, 6.45) is 0. The topological polar surface area (TPSA) is 44.4 Å². The van der Waals surface area contributed by atoms with E-state index in [1.165, 1.54) is 5.56 Å². The number of halogens is 1. The number of likely N-dealkylation sites (N-methyl/N-ethyl adjacent to an activating group) is 2. The van der Waals surface area contributed by atoms with E-state index < -0.39 is 0 Å². The minimum atomic E-state index is 0.0454. The van der Waals surface area contributed by atoms with Crippen LogP contribution in [0.2, 0.25) is 0 Å². The monoisotopic (exact) mass is 355 g/mol. The van der Waals surface area contributed by atoms with Gasteiger partial charge in [-0.2, -0.15) is 0 Å². The van der Waals surface area contributed by atoms with Crippen LogP contribution in [-0.2, 0) is 11.3 Å². The van der Waals surface area contributed by atoms with E-state index in [0.29, 0.717) is 19.0 Å². The Hall–Kier alpha value is -1.07. The lowest BCUT2D eigenvalue weighted by Crippen LogP contribution is -2.35. The number of nitrogens with zero attached hydrogens (tertiary/aromatic N) is 1. The number of carbonyl (C=O) groups excluding carboxylic acids is 1. The van der Waals surface area contributed by atoms with Crippen LogP contribution >= 0.6 is 15.9 Å². The Morgan fingerprint density at radius 1 is 1.38 bits per heavy atom.